The van der Waals surface area contributed by atoms with Gasteiger partial charge in [0, 0.05) is 24.7 Å². The Morgan fingerprint density at radius 2 is 1.56 bits per heavy atom. The molecule has 3 amide bonds. The number of nitrogens with one attached hydrogen (secondary N) is 3. The maximum Gasteiger partial charge on any atom is 0.255 e. The van der Waals surface area contributed by atoms with Crippen LogP contribution in [0.15, 0.2) is 48.5 Å². The molecule has 6 heteroatoms. The molecule has 0 radical (unpaired) electrons. The minimum absolute atomic E-state index is 0.177. The Bertz CT molecular complexity index is 770. The van der Waals surface area contributed by atoms with Crippen molar-refractivity contribution in [1.29, 1.82) is 0 Å². The quantitative estimate of drug-likeness (QED) is 0.756. The number of hydrogen-bond donors (Lipinski definition) is 3. The van der Waals surface area contributed by atoms with Gasteiger partial charge in [0.25, 0.3) is 11.8 Å². The third kappa shape index (κ3) is 5.17. The minimum Gasteiger partial charge on any atom is -0.352 e. The highest BCUT2D eigenvalue weighted by atomic mass is 16.2. The largest absolute Gasteiger partial charge is 0.352 e. The molecule has 0 bridgehead atoms. The van der Waals surface area contributed by atoms with Crippen LogP contribution in [-0.2, 0) is 4.79 Å². The average molecular weight is 339 g/mol. The van der Waals surface area contributed by atoms with E-state index in [2.05, 4.69) is 16.0 Å². The lowest BCUT2D eigenvalue weighted by molar-refractivity contribution is -0.114. The second-order valence-corrected chi connectivity index (χ2v) is 5.51. The summed E-state index contributed by atoms with van der Waals surface area (Å²) in [6, 6.07) is 13.4. The van der Waals surface area contributed by atoms with Gasteiger partial charge in [0.1, 0.15) is 0 Å². The van der Waals surface area contributed by atoms with E-state index in [4.69, 9.17) is 0 Å². The van der Waals surface area contributed by atoms with Gasteiger partial charge < -0.3 is 16.0 Å². The van der Waals surface area contributed by atoms with Crippen molar-refractivity contribution in [2.75, 3.05) is 17.2 Å². The van der Waals surface area contributed by atoms with Crippen molar-refractivity contribution < 1.29 is 14.4 Å². The smallest absolute Gasteiger partial charge is 0.255 e. The van der Waals surface area contributed by atoms with E-state index in [0.717, 1.165) is 6.42 Å². The van der Waals surface area contributed by atoms with Crippen LogP contribution in [0.4, 0.5) is 11.4 Å². The summed E-state index contributed by atoms with van der Waals surface area (Å²) in [4.78, 5) is 35.6. The molecule has 0 spiro atoms. The summed E-state index contributed by atoms with van der Waals surface area (Å²) in [7, 11) is 0. The second kappa shape index (κ2) is 8.63. The molecule has 130 valence electrons. The summed E-state index contributed by atoms with van der Waals surface area (Å²) in [6.07, 6.45) is 0.834. The summed E-state index contributed by atoms with van der Waals surface area (Å²) < 4.78 is 0. The summed E-state index contributed by atoms with van der Waals surface area (Å²) in [5.41, 5.74) is 1.91. The summed E-state index contributed by atoms with van der Waals surface area (Å²) in [5.74, 6) is -0.729. The number of carbonyl (C=O) groups is 3. The van der Waals surface area contributed by atoms with Gasteiger partial charge in [-0.05, 0) is 42.8 Å². The van der Waals surface area contributed by atoms with Gasteiger partial charge in [0.05, 0.1) is 11.3 Å². The lowest BCUT2D eigenvalue weighted by atomic mass is 10.1. The highest BCUT2D eigenvalue weighted by Crippen LogP contribution is 2.17. The molecule has 0 aliphatic rings. The van der Waals surface area contributed by atoms with Gasteiger partial charge in [-0.3, -0.25) is 14.4 Å². The third-order valence-corrected chi connectivity index (χ3v) is 3.42. The number of hydrogen-bond acceptors (Lipinski definition) is 3. The van der Waals surface area contributed by atoms with E-state index in [1.165, 1.54) is 6.92 Å². The molecule has 0 aliphatic carbocycles. The van der Waals surface area contributed by atoms with Gasteiger partial charge in [-0.25, -0.2) is 0 Å². The zero-order chi connectivity index (χ0) is 18.2. The predicted octanol–water partition coefficient (Wildman–Crippen LogP) is 3.04. The van der Waals surface area contributed by atoms with Crippen LogP contribution >= 0.6 is 0 Å². The van der Waals surface area contributed by atoms with Gasteiger partial charge in [0.2, 0.25) is 5.91 Å². The van der Waals surface area contributed by atoms with Crippen LogP contribution in [0.3, 0.4) is 0 Å². The van der Waals surface area contributed by atoms with E-state index in [-0.39, 0.29) is 17.7 Å². The van der Waals surface area contributed by atoms with Crippen molar-refractivity contribution >= 4 is 29.1 Å². The molecule has 0 aromatic heterocycles. The molecule has 0 aliphatic heterocycles. The van der Waals surface area contributed by atoms with E-state index in [1.807, 2.05) is 6.92 Å². The molecular formula is C19H21N3O3. The van der Waals surface area contributed by atoms with E-state index >= 15 is 0 Å². The first kappa shape index (κ1) is 18.2. The highest BCUT2D eigenvalue weighted by Gasteiger charge is 2.13. The van der Waals surface area contributed by atoms with Gasteiger partial charge in [-0.2, -0.15) is 0 Å². The van der Waals surface area contributed by atoms with E-state index < -0.39 is 0 Å². The summed E-state index contributed by atoms with van der Waals surface area (Å²) >= 11 is 0. The Balaban J connectivity index is 2.12. The molecule has 2 rings (SSSR count). The van der Waals surface area contributed by atoms with Crippen molar-refractivity contribution in [2.24, 2.45) is 0 Å². The fourth-order valence-electron chi connectivity index (χ4n) is 2.23. The van der Waals surface area contributed by atoms with Crippen molar-refractivity contribution in [3.8, 4) is 0 Å². The van der Waals surface area contributed by atoms with Crippen LogP contribution in [0.25, 0.3) is 0 Å². The third-order valence-electron chi connectivity index (χ3n) is 3.42. The molecule has 25 heavy (non-hydrogen) atoms. The molecular weight excluding hydrogens is 318 g/mol. The lowest BCUT2D eigenvalue weighted by Crippen LogP contribution is -2.25. The Morgan fingerprint density at radius 1 is 0.880 bits per heavy atom. The molecule has 3 N–H and O–H groups in total. The second-order valence-electron chi connectivity index (χ2n) is 5.51. The van der Waals surface area contributed by atoms with Crippen LogP contribution in [-0.4, -0.2) is 24.3 Å². The fraction of sp³-hybridized carbons (Fsp3) is 0.211. The minimum atomic E-state index is -0.329. The molecule has 0 atom stereocenters. The molecule has 0 saturated carbocycles. The molecule has 0 saturated heterocycles. The number of carbonyl (C=O) groups excluding carboxylic acids is 3. The number of amides is 3. The predicted molar refractivity (Wildman–Crippen MR) is 97.8 cm³/mol. The molecule has 2 aromatic carbocycles. The highest BCUT2D eigenvalue weighted by molar-refractivity contribution is 6.09. The molecule has 0 heterocycles. The maximum atomic E-state index is 12.4. The van der Waals surface area contributed by atoms with E-state index in [1.54, 1.807) is 48.5 Å². The Morgan fingerprint density at radius 3 is 2.20 bits per heavy atom. The number of rotatable bonds is 6. The zero-order valence-electron chi connectivity index (χ0n) is 14.3. The molecule has 0 unspecified atom stereocenters. The Labute approximate surface area is 146 Å². The first-order valence-corrected chi connectivity index (χ1v) is 8.07. The monoisotopic (exact) mass is 339 g/mol. The van der Waals surface area contributed by atoms with Crippen molar-refractivity contribution in [3.63, 3.8) is 0 Å². The van der Waals surface area contributed by atoms with Gasteiger partial charge >= 0.3 is 0 Å². The fourth-order valence-corrected chi connectivity index (χ4v) is 2.23. The van der Waals surface area contributed by atoms with Crippen molar-refractivity contribution in [2.45, 2.75) is 20.3 Å². The molecule has 6 nitrogen and oxygen atoms in total. The first-order chi connectivity index (χ1) is 12.0. The maximum absolute atomic E-state index is 12.4. The van der Waals surface area contributed by atoms with Crippen LogP contribution in [0.2, 0.25) is 0 Å². The standard InChI is InChI=1S/C19H21N3O3/c1-3-12-20-19(25)16-6-4-5-7-17(16)22-18(24)14-8-10-15(11-9-14)21-13(2)23/h4-11H,3,12H2,1-2H3,(H,20,25)(H,21,23)(H,22,24). The SMILES string of the molecule is CCCNC(=O)c1ccccc1NC(=O)c1ccc(NC(C)=O)cc1. The Hall–Kier alpha value is -3.15. The van der Waals surface area contributed by atoms with Crippen LogP contribution in [0.1, 0.15) is 41.0 Å². The van der Waals surface area contributed by atoms with Crippen LogP contribution in [0.5, 0.6) is 0 Å². The van der Waals surface area contributed by atoms with Gasteiger partial charge in [-0.15, -0.1) is 0 Å². The number of para-hydroxylation sites is 1. The van der Waals surface area contributed by atoms with Crippen molar-refractivity contribution in [3.05, 3.63) is 59.7 Å². The molecule has 0 fully saturated rings. The zero-order valence-corrected chi connectivity index (χ0v) is 14.3. The van der Waals surface area contributed by atoms with E-state index in [0.29, 0.717) is 29.0 Å². The number of anilines is 2. The van der Waals surface area contributed by atoms with Crippen molar-refractivity contribution in [1.82, 2.24) is 5.32 Å². The Kier molecular flexibility index (Phi) is 6.28. The summed E-state index contributed by atoms with van der Waals surface area (Å²) in [6.45, 7) is 3.96. The van der Waals surface area contributed by atoms with Gasteiger partial charge in [-0.1, -0.05) is 19.1 Å². The average Bonchev–Trinajstić information content (AvgIpc) is 2.60. The molecule has 2 aromatic rings. The number of benzene rings is 2. The van der Waals surface area contributed by atoms with Crippen LogP contribution in [0, 0.1) is 0 Å². The topological polar surface area (TPSA) is 87.3 Å². The van der Waals surface area contributed by atoms with Crippen LogP contribution < -0.4 is 16.0 Å². The lowest BCUT2D eigenvalue weighted by Gasteiger charge is -2.11. The first-order valence-electron chi connectivity index (χ1n) is 8.07. The normalized spacial score (nSPS) is 10.0. The van der Waals surface area contributed by atoms with E-state index in [9.17, 15) is 14.4 Å². The summed E-state index contributed by atoms with van der Waals surface area (Å²) in [5, 5.41) is 8.20. The van der Waals surface area contributed by atoms with Gasteiger partial charge in [0.15, 0.2) is 0 Å².